The molecule has 0 spiro atoms. The van der Waals surface area contributed by atoms with Gasteiger partial charge in [0.15, 0.2) is 0 Å². The summed E-state index contributed by atoms with van der Waals surface area (Å²) in [4.78, 5) is 10.7. The zero-order chi connectivity index (χ0) is 10.6. The summed E-state index contributed by atoms with van der Waals surface area (Å²) in [6.45, 7) is 0. The number of thiophene rings is 1. The molecule has 0 unspecified atom stereocenters. The molecule has 1 aromatic heterocycles. The van der Waals surface area contributed by atoms with Gasteiger partial charge in [0.1, 0.15) is 4.21 Å². The number of hydrogen-bond donors (Lipinski definition) is 0. The molecule has 1 aromatic rings. The van der Waals surface area contributed by atoms with E-state index in [1.807, 2.05) is 0 Å². The van der Waals surface area contributed by atoms with Crippen molar-refractivity contribution in [1.29, 1.82) is 0 Å². The Labute approximate surface area is 85.7 Å². The van der Waals surface area contributed by atoms with Gasteiger partial charge in [0.2, 0.25) is 9.84 Å². The Morgan fingerprint density at radius 2 is 2.29 bits per heavy atom. The molecule has 0 aliphatic heterocycles. The van der Waals surface area contributed by atoms with Crippen LogP contribution in [-0.2, 0) is 19.4 Å². The predicted molar refractivity (Wildman–Crippen MR) is 52.7 cm³/mol. The van der Waals surface area contributed by atoms with E-state index in [1.165, 1.54) is 13.2 Å². The SMILES string of the molecule is COC(=O)/C=C/S(=O)(=O)c1cccs1. The Bertz CT molecular complexity index is 428. The summed E-state index contributed by atoms with van der Waals surface area (Å²) in [5.41, 5.74) is 0. The van der Waals surface area contributed by atoms with Crippen LogP contribution in [0, 0.1) is 0 Å². The van der Waals surface area contributed by atoms with Gasteiger partial charge in [0, 0.05) is 11.5 Å². The van der Waals surface area contributed by atoms with Crippen LogP contribution in [0.25, 0.3) is 0 Å². The predicted octanol–water partition coefficient (Wildman–Crippen LogP) is 1.21. The highest BCUT2D eigenvalue weighted by atomic mass is 32.2. The van der Waals surface area contributed by atoms with Gasteiger partial charge >= 0.3 is 5.97 Å². The van der Waals surface area contributed by atoms with E-state index in [0.717, 1.165) is 22.8 Å². The van der Waals surface area contributed by atoms with Crippen molar-refractivity contribution >= 4 is 27.1 Å². The smallest absolute Gasteiger partial charge is 0.331 e. The van der Waals surface area contributed by atoms with Gasteiger partial charge in [-0.2, -0.15) is 0 Å². The first-order valence-corrected chi connectivity index (χ1v) is 6.03. The second-order valence-corrected chi connectivity index (χ2v) is 5.31. The normalized spacial score (nSPS) is 11.8. The number of hydrogen-bond acceptors (Lipinski definition) is 5. The van der Waals surface area contributed by atoms with Crippen LogP contribution in [0.4, 0.5) is 0 Å². The third kappa shape index (κ3) is 2.68. The lowest BCUT2D eigenvalue weighted by Crippen LogP contribution is -1.98. The second-order valence-electron chi connectivity index (χ2n) is 2.30. The molecule has 0 amide bonds. The summed E-state index contributed by atoms with van der Waals surface area (Å²) in [7, 11) is -2.30. The van der Waals surface area contributed by atoms with Crippen molar-refractivity contribution in [2.45, 2.75) is 4.21 Å². The number of methoxy groups -OCH3 is 1. The number of esters is 1. The van der Waals surface area contributed by atoms with Gasteiger partial charge in [0.05, 0.1) is 7.11 Å². The Hall–Kier alpha value is -1.14. The van der Waals surface area contributed by atoms with Crippen molar-refractivity contribution in [2.24, 2.45) is 0 Å². The Kier molecular flexibility index (Phi) is 3.43. The van der Waals surface area contributed by atoms with Crippen molar-refractivity contribution in [3.8, 4) is 0 Å². The van der Waals surface area contributed by atoms with Crippen LogP contribution in [0.1, 0.15) is 0 Å². The molecule has 1 heterocycles. The monoisotopic (exact) mass is 232 g/mol. The van der Waals surface area contributed by atoms with Crippen LogP contribution in [0.5, 0.6) is 0 Å². The minimum absolute atomic E-state index is 0.206. The molecule has 0 N–H and O–H groups in total. The van der Waals surface area contributed by atoms with Crippen LogP contribution in [0.2, 0.25) is 0 Å². The molecule has 1 rings (SSSR count). The zero-order valence-corrected chi connectivity index (χ0v) is 8.97. The maximum absolute atomic E-state index is 11.4. The fourth-order valence-corrected chi connectivity index (χ4v) is 2.72. The average Bonchev–Trinajstić information content (AvgIpc) is 2.67. The van der Waals surface area contributed by atoms with Gasteiger partial charge in [-0.15, -0.1) is 11.3 Å². The van der Waals surface area contributed by atoms with Crippen LogP contribution >= 0.6 is 11.3 Å². The lowest BCUT2D eigenvalue weighted by molar-refractivity contribution is -0.134. The van der Waals surface area contributed by atoms with E-state index in [0.29, 0.717) is 0 Å². The van der Waals surface area contributed by atoms with Gasteiger partial charge in [-0.05, 0) is 11.4 Å². The summed E-state index contributed by atoms with van der Waals surface area (Å²) in [5, 5.41) is 2.49. The Morgan fingerprint density at radius 1 is 1.57 bits per heavy atom. The summed E-state index contributed by atoms with van der Waals surface area (Å²) < 4.78 is 27.3. The zero-order valence-electron chi connectivity index (χ0n) is 7.34. The van der Waals surface area contributed by atoms with E-state index in [1.54, 1.807) is 11.4 Å². The maximum Gasteiger partial charge on any atom is 0.331 e. The van der Waals surface area contributed by atoms with Gasteiger partial charge in [-0.25, -0.2) is 13.2 Å². The molecule has 0 radical (unpaired) electrons. The molecule has 0 aliphatic carbocycles. The van der Waals surface area contributed by atoms with Gasteiger partial charge in [-0.3, -0.25) is 0 Å². The fraction of sp³-hybridized carbons (Fsp3) is 0.125. The first-order valence-electron chi connectivity index (χ1n) is 3.61. The molecular formula is C8H8O4S2. The summed E-state index contributed by atoms with van der Waals surface area (Å²) in [6.07, 6.45) is 0.884. The van der Waals surface area contributed by atoms with Crippen molar-refractivity contribution in [2.75, 3.05) is 7.11 Å². The highest BCUT2D eigenvalue weighted by molar-refractivity contribution is 7.96. The molecular weight excluding hydrogens is 224 g/mol. The molecule has 0 aliphatic rings. The first-order chi connectivity index (χ1) is 6.56. The Balaban J connectivity index is 2.89. The molecule has 0 saturated carbocycles. The third-order valence-electron chi connectivity index (χ3n) is 1.36. The van der Waals surface area contributed by atoms with Crippen LogP contribution < -0.4 is 0 Å². The second kappa shape index (κ2) is 4.39. The molecule has 0 saturated heterocycles. The molecule has 76 valence electrons. The maximum atomic E-state index is 11.4. The van der Waals surface area contributed by atoms with Crippen molar-refractivity contribution in [3.05, 3.63) is 29.0 Å². The van der Waals surface area contributed by atoms with E-state index in [2.05, 4.69) is 4.74 Å². The first kappa shape index (κ1) is 10.9. The molecule has 6 heteroatoms. The fourth-order valence-electron chi connectivity index (χ4n) is 0.706. The standard InChI is InChI=1S/C8H8O4S2/c1-12-7(9)4-6-14(10,11)8-3-2-5-13-8/h2-6H,1H3/b6-4+. The quantitative estimate of drug-likeness (QED) is 0.580. The molecule has 14 heavy (non-hydrogen) atoms. The average molecular weight is 232 g/mol. The van der Waals surface area contributed by atoms with Crippen LogP contribution in [-0.4, -0.2) is 21.5 Å². The van der Waals surface area contributed by atoms with Crippen molar-refractivity contribution in [1.82, 2.24) is 0 Å². The van der Waals surface area contributed by atoms with E-state index < -0.39 is 15.8 Å². The molecule has 0 atom stereocenters. The van der Waals surface area contributed by atoms with E-state index in [9.17, 15) is 13.2 Å². The van der Waals surface area contributed by atoms with E-state index in [-0.39, 0.29) is 4.21 Å². The topological polar surface area (TPSA) is 60.4 Å². The van der Waals surface area contributed by atoms with Gasteiger partial charge in [-0.1, -0.05) is 6.07 Å². The number of ether oxygens (including phenoxy) is 1. The van der Waals surface area contributed by atoms with Crippen molar-refractivity contribution < 1.29 is 17.9 Å². The minimum atomic E-state index is -3.48. The summed E-state index contributed by atoms with van der Waals surface area (Å²) in [5.74, 6) is -0.690. The lowest BCUT2D eigenvalue weighted by atomic mass is 10.7. The highest BCUT2D eigenvalue weighted by Gasteiger charge is 2.11. The number of rotatable bonds is 3. The minimum Gasteiger partial charge on any atom is -0.466 e. The lowest BCUT2D eigenvalue weighted by Gasteiger charge is -1.92. The third-order valence-corrected chi connectivity index (χ3v) is 4.20. The summed E-state index contributed by atoms with van der Waals surface area (Å²) >= 11 is 1.10. The van der Waals surface area contributed by atoms with Gasteiger partial charge < -0.3 is 4.74 Å². The molecule has 0 fully saturated rings. The van der Waals surface area contributed by atoms with E-state index >= 15 is 0 Å². The molecule has 0 aromatic carbocycles. The summed E-state index contributed by atoms with van der Waals surface area (Å²) in [6, 6.07) is 3.10. The number of sulfone groups is 1. The van der Waals surface area contributed by atoms with Crippen LogP contribution in [0.3, 0.4) is 0 Å². The van der Waals surface area contributed by atoms with E-state index in [4.69, 9.17) is 0 Å². The Morgan fingerprint density at radius 3 is 2.79 bits per heavy atom. The van der Waals surface area contributed by atoms with Gasteiger partial charge in [0.25, 0.3) is 0 Å². The van der Waals surface area contributed by atoms with Crippen molar-refractivity contribution in [3.63, 3.8) is 0 Å². The number of carbonyl (C=O) groups excluding carboxylic acids is 1. The largest absolute Gasteiger partial charge is 0.466 e. The van der Waals surface area contributed by atoms with Crippen LogP contribution in [0.15, 0.2) is 33.2 Å². The highest BCUT2D eigenvalue weighted by Crippen LogP contribution is 2.17. The number of carbonyl (C=O) groups is 1. The molecule has 0 bridgehead atoms. The molecule has 4 nitrogen and oxygen atoms in total.